The molecule has 1 N–H and O–H groups in total. The van der Waals surface area contributed by atoms with Crippen molar-refractivity contribution in [3.05, 3.63) is 72.6 Å². The molecule has 4 rings (SSSR count). The zero-order chi connectivity index (χ0) is 20.4. The number of nitrogens with zero attached hydrogens (tertiary/aromatic N) is 2. The Morgan fingerprint density at radius 3 is 2.52 bits per heavy atom. The minimum atomic E-state index is -4.82. The molecule has 146 valence electrons. The summed E-state index contributed by atoms with van der Waals surface area (Å²) in [5.41, 5.74) is 3.60. The highest BCUT2D eigenvalue weighted by atomic mass is 19.4. The van der Waals surface area contributed by atoms with Crippen LogP contribution < -0.4 is 10.1 Å². The number of halogens is 3. The Bertz CT molecular complexity index is 1100. The van der Waals surface area contributed by atoms with Crippen molar-refractivity contribution in [1.82, 2.24) is 4.98 Å². The van der Waals surface area contributed by atoms with Gasteiger partial charge in [0.25, 0.3) is 0 Å². The zero-order valence-corrected chi connectivity index (χ0v) is 14.9. The third kappa shape index (κ3) is 4.43. The maximum absolute atomic E-state index is 12.4. The number of hydrogen-bond donors (Lipinski definition) is 1. The smallest absolute Gasteiger partial charge is 0.406 e. The van der Waals surface area contributed by atoms with E-state index < -0.39 is 12.1 Å². The van der Waals surface area contributed by atoms with Crippen LogP contribution in [0.25, 0.3) is 11.1 Å². The van der Waals surface area contributed by atoms with Crippen LogP contribution in [0.5, 0.6) is 5.75 Å². The quantitative estimate of drug-likeness (QED) is 0.668. The van der Waals surface area contributed by atoms with Gasteiger partial charge < -0.3 is 10.1 Å². The number of hydrogen-bond acceptors (Lipinski definition) is 4. The Kier molecular flexibility index (Phi) is 4.75. The van der Waals surface area contributed by atoms with Crippen LogP contribution in [-0.2, 0) is 4.79 Å². The van der Waals surface area contributed by atoms with Crippen LogP contribution in [0, 0.1) is 0 Å². The van der Waals surface area contributed by atoms with Crippen LogP contribution in [0.3, 0.4) is 0 Å². The van der Waals surface area contributed by atoms with Gasteiger partial charge in [-0.05, 0) is 35.4 Å². The molecule has 1 amide bonds. The van der Waals surface area contributed by atoms with Crippen molar-refractivity contribution in [3.63, 3.8) is 0 Å². The van der Waals surface area contributed by atoms with Crippen LogP contribution in [0.1, 0.15) is 12.0 Å². The topological polar surface area (TPSA) is 63.6 Å². The molecular formula is C21H14F3N3O2. The molecule has 1 aliphatic rings. The van der Waals surface area contributed by atoms with Crippen molar-refractivity contribution >= 4 is 23.0 Å². The molecule has 1 aromatic heterocycles. The summed E-state index contributed by atoms with van der Waals surface area (Å²) in [7, 11) is 0. The second kappa shape index (κ2) is 7.38. The first-order valence-electron chi connectivity index (χ1n) is 8.65. The maximum Gasteiger partial charge on any atom is 0.573 e. The van der Waals surface area contributed by atoms with E-state index >= 15 is 0 Å². The third-order valence-electron chi connectivity index (χ3n) is 4.25. The Morgan fingerprint density at radius 2 is 1.76 bits per heavy atom. The number of pyridine rings is 1. The molecule has 0 atom stereocenters. The van der Waals surface area contributed by atoms with Gasteiger partial charge in [0.05, 0.1) is 23.5 Å². The number of carbonyl (C=O) groups excluding carboxylic acids is 1. The summed E-state index contributed by atoms with van der Waals surface area (Å²) in [5.74, 6) is -0.799. The van der Waals surface area contributed by atoms with E-state index in [0.717, 1.165) is 28.8 Å². The zero-order valence-electron chi connectivity index (χ0n) is 14.9. The van der Waals surface area contributed by atoms with Gasteiger partial charge in [0, 0.05) is 24.0 Å². The number of aliphatic imine (C=N–C) groups is 1. The largest absolute Gasteiger partial charge is 0.573 e. The van der Waals surface area contributed by atoms with Crippen molar-refractivity contribution < 1.29 is 22.7 Å². The number of alkyl halides is 3. The first-order valence-corrected chi connectivity index (χ1v) is 8.65. The molecule has 3 aromatic rings. The molecule has 0 saturated heterocycles. The molecule has 2 heterocycles. The van der Waals surface area contributed by atoms with Gasteiger partial charge in [0.2, 0.25) is 5.91 Å². The number of carbonyl (C=O) groups is 1. The van der Waals surface area contributed by atoms with E-state index in [-0.39, 0.29) is 18.0 Å². The number of amides is 1. The number of fused-ring (bicyclic) bond motifs is 1. The van der Waals surface area contributed by atoms with E-state index in [2.05, 4.69) is 20.0 Å². The summed E-state index contributed by atoms with van der Waals surface area (Å²) >= 11 is 0. The normalized spacial score (nSPS) is 13.8. The Morgan fingerprint density at radius 1 is 0.966 bits per heavy atom. The number of nitrogens with one attached hydrogen (secondary N) is 1. The molecular weight excluding hydrogens is 383 g/mol. The minimum Gasteiger partial charge on any atom is -0.406 e. The lowest BCUT2D eigenvalue weighted by Gasteiger charge is -2.11. The van der Waals surface area contributed by atoms with Crippen LogP contribution in [0.15, 0.2) is 72.0 Å². The summed E-state index contributed by atoms with van der Waals surface area (Å²) in [5, 5.41) is 2.58. The average molecular weight is 397 g/mol. The van der Waals surface area contributed by atoms with Crippen molar-refractivity contribution in [2.45, 2.75) is 12.8 Å². The fourth-order valence-electron chi connectivity index (χ4n) is 3.02. The molecule has 0 fully saturated rings. The summed E-state index contributed by atoms with van der Waals surface area (Å²) in [6, 6.07) is 14.9. The lowest BCUT2D eigenvalue weighted by Crippen LogP contribution is -2.17. The maximum atomic E-state index is 12.4. The molecule has 0 bridgehead atoms. The predicted octanol–water partition coefficient (Wildman–Crippen LogP) is 5.11. The second-order valence-corrected chi connectivity index (χ2v) is 6.33. The number of benzene rings is 2. The number of anilines is 1. The highest BCUT2D eigenvalue weighted by molar-refractivity contribution is 6.17. The van der Waals surface area contributed by atoms with Gasteiger partial charge in [0.15, 0.2) is 0 Å². The first kappa shape index (κ1) is 18.7. The van der Waals surface area contributed by atoms with Crippen LogP contribution in [-0.4, -0.2) is 23.0 Å². The molecule has 2 aromatic carbocycles. The number of rotatable bonds is 3. The minimum absolute atomic E-state index is 0.0133. The number of ether oxygens (including phenoxy) is 1. The van der Waals surface area contributed by atoms with Gasteiger partial charge >= 0.3 is 6.36 Å². The van der Waals surface area contributed by atoms with Crippen molar-refractivity contribution in [3.8, 4) is 16.9 Å². The summed E-state index contributed by atoms with van der Waals surface area (Å²) in [6.45, 7) is 0. The fourth-order valence-corrected chi connectivity index (χ4v) is 3.02. The Labute approximate surface area is 163 Å². The Balaban J connectivity index is 1.71. The van der Waals surface area contributed by atoms with E-state index in [1.165, 1.54) is 6.07 Å². The number of aromatic nitrogens is 1. The van der Waals surface area contributed by atoms with Gasteiger partial charge in [-0.15, -0.1) is 13.2 Å². The second-order valence-electron chi connectivity index (χ2n) is 6.33. The molecule has 5 nitrogen and oxygen atoms in total. The molecule has 29 heavy (non-hydrogen) atoms. The van der Waals surface area contributed by atoms with Crippen LogP contribution >= 0.6 is 0 Å². The van der Waals surface area contributed by atoms with Crippen molar-refractivity contribution in [2.75, 3.05) is 5.32 Å². The standard InChI is InChI=1S/C21H14F3N3O2/c22-21(23,24)29-16-6-7-17-19(10-16)27-20(28)11-18(26-17)14-4-1-3-13(9-14)15-5-2-8-25-12-15/h1-10,12H,11H2,(H,27,28). The molecule has 0 unspecified atom stereocenters. The van der Waals surface area contributed by atoms with E-state index in [1.54, 1.807) is 12.4 Å². The average Bonchev–Trinajstić information content (AvgIpc) is 2.85. The lowest BCUT2D eigenvalue weighted by molar-refractivity contribution is -0.274. The van der Waals surface area contributed by atoms with E-state index in [4.69, 9.17) is 0 Å². The van der Waals surface area contributed by atoms with E-state index in [0.29, 0.717) is 11.4 Å². The highest BCUT2D eigenvalue weighted by Gasteiger charge is 2.31. The van der Waals surface area contributed by atoms with Crippen LogP contribution in [0.4, 0.5) is 24.5 Å². The van der Waals surface area contributed by atoms with Crippen molar-refractivity contribution in [2.24, 2.45) is 4.99 Å². The molecule has 0 saturated carbocycles. The fraction of sp³-hybridized carbons (Fsp3) is 0.0952. The molecule has 0 aliphatic carbocycles. The summed E-state index contributed by atoms with van der Waals surface area (Å²) in [4.78, 5) is 20.9. The monoisotopic (exact) mass is 397 g/mol. The first-order chi connectivity index (χ1) is 13.9. The summed E-state index contributed by atoms with van der Waals surface area (Å²) < 4.78 is 41.3. The third-order valence-corrected chi connectivity index (χ3v) is 4.25. The molecule has 0 spiro atoms. The van der Waals surface area contributed by atoms with Gasteiger partial charge in [-0.1, -0.05) is 24.3 Å². The summed E-state index contributed by atoms with van der Waals surface area (Å²) in [6.07, 6.45) is -1.41. The van der Waals surface area contributed by atoms with Crippen LogP contribution in [0.2, 0.25) is 0 Å². The lowest BCUT2D eigenvalue weighted by atomic mass is 10.0. The molecule has 8 heteroatoms. The Hall–Kier alpha value is -3.68. The molecule has 1 aliphatic heterocycles. The van der Waals surface area contributed by atoms with Gasteiger partial charge in [0.1, 0.15) is 5.75 Å². The van der Waals surface area contributed by atoms with Crippen molar-refractivity contribution in [1.29, 1.82) is 0 Å². The predicted molar refractivity (Wildman–Crippen MR) is 102 cm³/mol. The highest BCUT2D eigenvalue weighted by Crippen LogP contribution is 2.35. The van der Waals surface area contributed by atoms with Gasteiger partial charge in [-0.25, -0.2) is 0 Å². The SMILES string of the molecule is O=C1CC(c2cccc(-c3cccnc3)c2)=Nc2ccc(OC(F)(F)F)cc2N1. The van der Waals surface area contributed by atoms with E-state index in [9.17, 15) is 18.0 Å². The molecule has 0 radical (unpaired) electrons. The van der Waals surface area contributed by atoms with E-state index in [1.807, 2.05) is 36.4 Å². The van der Waals surface area contributed by atoms with Gasteiger partial charge in [-0.2, -0.15) is 0 Å². The van der Waals surface area contributed by atoms with Gasteiger partial charge in [-0.3, -0.25) is 14.8 Å².